The maximum Gasteiger partial charge on any atom is 0.126 e. The fourth-order valence-electron chi connectivity index (χ4n) is 2.30. The van der Waals surface area contributed by atoms with Crippen molar-refractivity contribution in [1.29, 1.82) is 0 Å². The van der Waals surface area contributed by atoms with E-state index in [0.717, 1.165) is 17.4 Å². The number of thioether (sulfide) groups is 1. The molecule has 0 spiro atoms. The summed E-state index contributed by atoms with van der Waals surface area (Å²) >= 11 is 1.77. The van der Waals surface area contributed by atoms with Crippen LogP contribution in [0.3, 0.4) is 0 Å². The lowest BCUT2D eigenvalue weighted by molar-refractivity contribution is 0.565. The SMILES string of the molecule is CCNC(c1ccc(SCC)cc1)c1cc(F)cc(F)c1. The van der Waals surface area contributed by atoms with Crippen molar-refractivity contribution in [2.75, 3.05) is 12.3 Å². The molecule has 0 saturated carbocycles. The molecule has 0 radical (unpaired) electrons. The van der Waals surface area contributed by atoms with Crippen molar-refractivity contribution in [2.24, 2.45) is 0 Å². The van der Waals surface area contributed by atoms with Gasteiger partial charge in [0.25, 0.3) is 0 Å². The van der Waals surface area contributed by atoms with Crippen LogP contribution in [-0.4, -0.2) is 12.3 Å². The molecule has 1 atom stereocenters. The minimum Gasteiger partial charge on any atom is -0.307 e. The van der Waals surface area contributed by atoms with Crippen molar-refractivity contribution in [3.05, 3.63) is 65.2 Å². The fraction of sp³-hybridized carbons (Fsp3) is 0.294. The van der Waals surface area contributed by atoms with Gasteiger partial charge in [0.15, 0.2) is 0 Å². The van der Waals surface area contributed by atoms with Crippen molar-refractivity contribution in [3.8, 4) is 0 Å². The Morgan fingerprint density at radius 3 is 2.10 bits per heavy atom. The van der Waals surface area contributed by atoms with Crippen LogP contribution in [0.15, 0.2) is 47.4 Å². The van der Waals surface area contributed by atoms with Gasteiger partial charge < -0.3 is 5.32 Å². The average molecular weight is 307 g/mol. The molecule has 21 heavy (non-hydrogen) atoms. The number of benzene rings is 2. The largest absolute Gasteiger partial charge is 0.307 e. The topological polar surface area (TPSA) is 12.0 Å². The van der Waals surface area contributed by atoms with Crippen molar-refractivity contribution in [3.63, 3.8) is 0 Å². The highest BCUT2D eigenvalue weighted by Crippen LogP contribution is 2.26. The molecule has 0 heterocycles. The van der Waals surface area contributed by atoms with Crippen LogP contribution in [0.2, 0.25) is 0 Å². The van der Waals surface area contributed by atoms with Crippen LogP contribution in [0, 0.1) is 11.6 Å². The Morgan fingerprint density at radius 2 is 1.57 bits per heavy atom. The summed E-state index contributed by atoms with van der Waals surface area (Å²) in [5, 5.41) is 3.28. The minimum atomic E-state index is -0.550. The summed E-state index contributed by atoms with van der Waals surface area (Å²) in [7, 11) is 0. The first-order valence-corrected chi connectivity index (χ1v) is 8.04. The van der Waals surface area contributed by atoms with Gasteiger partial charge in [0, 0.05) is 11.0 Å². The molecule has 1 nitrogen and oxygen atoms in total. The second kappa shape index (κ2) is 7.57. The highest BCUT2D eigenvalue weighted by Gasteiger charge is 2.15. The van der Waals surface area contributed by atoms with Gasteiger partial charge in [-0.25, -0.2) is 8.78 Å². The predicted octanol–water partition coefficient (Wildman–Crippen LogP) is 4.78. The Balaban J connectivity index is 2.33. The molecule has 1 N–H and O–H groups in total. The molecule has 0 aliphatic carbocycles. The van der Waals surface area contributed by atoms with Gasteiger partial charge in [-0.3, -0.25) is 0 Å². The molecule has 4 heteroatoms. The van der Waals surface area contributed by atoms with E-state index in [1.807, 2.05) is 31.2 Å². The van der Waals surface area contributed by atoms with Crippen molar-refractivity contribution >= 4 is 11.8 Å². The van der Waals surface area contributed by atoms with Gasteiger partial charge in [-0.15, -0.1) is 11.8 Å². The summed E-state index contributed by atoms with van der Waals surface area (Å²) in [6.45, 7) is 4.80. The Kier molecular flexibility index (Phi) is 5.76. The monoisotopic (exact) mass is 307 g/mol. The molecule has 2 aromatic rings. The standard InChI is InChI=1S/C17H19F2NS/c1-3-20-17(13-9-14(18)11-15(19)10-13)12-5-7-16(8-6-12)21-4-2/h5-11,17,20H,3-4H2,1-2H3. The molecular weight excluding hydrogens is 288 g/mol. The summed E-state index contributed by atoms with van der Waals surface area (Å²) in [5.74, 6) is -0.0809. The van der Waals surface area contributed by atoms with Crippen LogP contribution >= 0.6 is 11.8 Å². The smallest absolute Gasteiger partial charge is 0.126 e. The quantitative estimate of drug-likeness (QED) is 0.771. The van der Waals surface area contributed by atoms with Gasteiger partial charge in [0.2, 0.25) is 0 Å². The van der Waals surface area contributed by atoms with Crippen LogP contribution < -0.4 is 5.32 Å². The molecule has 112 valence electrons. The van der Waals surface area contributed by atoms with E-state index in [-0.39, 0.29) is 6.04 Å². The Bertz CT molecular complexity index is 564. The van der Waals surface area contributed by atoms with Crippen molar-refractivity contribution in [2.45, 2.75) is 24.8 Å². The zero-order chi connectivity index (χ0) is 15.2. The Labute approximate surface area is 128 Å². The second-order valence-electron chi connectivity index (χ2n) is 4.70. The number of nitrogens with one attached hydrogen (secondary N) is 1. The van der Waals surface area contributed by atoms with Gasteiger partial charge in [-0.1, -0.05) is 26.0 Å². The lowest BCUT2D eigenvalue weighted by Crippen LogP contribution is -2.22. The lowest BCUT2D eigenvalue weighted by atomic mass is 9.98. The highest BCUT2D eigenvalue weighted by molar-refractivity contribution is 7.99. The van der Waals surface area contributed by atoms with Gasteiger partial charge in [-0.05, 0) is 47.7 Å². The summed E-state index contributed by atoms with van der Waals surface area (Å²) < 4.78 is 26.9. The molecule has 2 rings (SSSR count). The first-order chi connectivity index (χ1) is 10.1. The molecule has 0 amide bonds. The Morgan fingerprint density at radius 1 is 0.952 bits per heavy atom. The van der Waals surface area contributed by atoms with Gasteiger partial charge in [0.05, 0.1) is 6.04 Å². The number of hydrogen-bond acceptors (Lipinski definition) is 2. The number of hydrogen-bond donors (Lipinski definition) is 1. The normalized spacial score (nSPS) is 12.4. The third kappa shape index (κ3) is 4.29. The van der Waals surface area contributed by atoms with Crippen LogP contribution in [-0.2, 0) is 0 Å². The van der Waals surface area contributed by atoms with E-state index >= 15 is 0 Å². The lowest BCUT2D eigenvalue weighted by Gasteiger charge is -2.19. The van der Waals surface area contributed by atoms with E-state index < -0.39 is 11.6 Å². The van der Waals surface area contributed by atoms with Crippen molar-refractivity contribution in [1.82, 2.24) is 5.32 Å². The van der Waals surface area contributed by atoms with E-state index in [9.17, 15) is 8.78 Å². The maximum absolute atomic E-state index is 13.4. The van der Waals surface area contributed by atoms with Crippen molar-refractivity contribution < 1.29 is 8.78 Å². The van der Waals surface area contributed by atoms with Gasteiger partial charge in [-0.2, -0.15) is 0 Å². The molecule has 1 unspecified atom stereocenters. The van der Waals surface area contributed by atoms with Crippen LogP contribution in [0.1, 0.15) is 31.0 Å². The van der Waals surface area contributed by atoms with Crippen LogP contribution in [0.25, 0.3) is 0 Å². The third-order valence-corrected chi connectivity index (χ3v) is 4.05. The maximum atomic E-state index is 13.4. The number of rotatable bonds is 6. The zero-order valence-corrected chi connectivity index (χ0v) is 13.0. The summed E-state index contributed by atoms with van der Waals surface area (Å²) in [6, 6.07) is 11.6. The van der Waals surface area contributed by atoms with Crippen LogP contribution in [0.4, 0.5) is 8.78 Å². The average Bonchev–Trinajstić information content (AvgIpc) is 2.45. The van der Waals surface area contributed by atoms with E-state index in [1.54, 1.807) is 11.8 Å². The summed E-state index contributed by atoms with van der Waals surface area (Å²) in [6.07, 6.45) is 0. The number of halogens is 2. The first-order valence-electron chi connectivity index (χ1n) is 7.06. The van der Waals surface area contributed by atoms with E-state index in [0.29, 0.717) is 12.1 Å². The van der Waals surface area contributed by atoms with E-state index in [4.69, 9.17) is 0 Å². The van der Waals surface area contributed by atoms with Gasteiger partial charge >= 0.3 is 0 Å². The van der Waals surface area contributed by atoms with E-state index in [2.05, 4.69) is 12.2 Å². The van der Waals surface area contributed by atoms with E-state index in [1.165, 1.54) is 17.0 Å². The first kappa shape index (κ1) is 16.0. The molecule has 2 aromatic carbocycles. The summed E-state index contributed by atoms with van der Waals surface area (Å²) in [5.41, 5.74) is 1.60. The zero-order valence-electron chi connectivity index (χ0n) is 12.2. The highest BCUT2D eigenvalue weighted by atomic mass is 32.2. The Hall–Kier alpha value is -1.39. The molecule has 0 aromatic heterocycles. The molecular formula is C17H19F2NS. The minimum absolute atomic E-state index is 0.208. The predicted molar refractivity (Wildman–Crippen MR) is 84.7 cm³/mol. The van der Waals surface area contributed by atoms with Crippen LogP contribution in [0.5, 0.6) is 0 Å². The fourth-order valence-corrected chi connectivity index (χ4v) is 2.96. The molecule has 0 fully saturated rings. The third-order valence-electron chi connectivity index (χ3n) is 3.15. The molecule has 0 aliphatic heterocycles. The second-order valence-corrected chi connectivity index (χ2v) is 6.03. The van der Waals surface area contributed by atoms with Gasteiger partial charge in [0.1, 0.15) is 11.6 Å². The molecule has 0 saturated heterocycles. The molecule has 0 aliphatic rings. The molecule has 0 bridgehead atoms. The summed E-state index contributed by atoms with van der Waals surface area (Å²) in [4.78, 5) is 1.20.